The van der Waals surface area contributed by atoms with E-state index in [0.717, 1.165) is 0 Å². The Labute approximate surface area is 108 Å². The van der Waals surface area contributed by atoms with Crippen molar-refractivity contribution in [3.8, 4) is 5.88 Å². The summed E-state index contributed by atoms with van der Waals surface area (Å²) in [4.78, 5) is 19.3. The normalized spacial score (nSPS) is 9.82. The molecule has 1 heterocycles. The van der Waals surface area contributed by atoms with E-state index in [1.807, 2.05) is 6.92 Å². The maximum atomic E-state index is 11.2. The van der Waals surface area contributed by atoms with Crippen LogP contribution in [0.25, 0.3) is 0 Å². The van der Waals surface area contributed by atoms with E-state index in [9.17, 15) is 4.79 Å². The van der Waals surface area contributed by atoms with Crippen molar-refractivity contribution in [3.63, 3.8) is 0 Å². The van der Waals surface area contributed by atoms with Crippen LogP contribution in [-0.4, -0.2) is 36.1 Å². The molecule has 6 nitrogen and oxygen atoms in total. The molecule has 1 aromatic heterocycles. The smallest absolute Gasteiger partial charge is 0.232 e. The molecule has 0 aliphatic rings. The molecule has 7 heteroatoms. The monoisotopic (exact) mass is 302 g/mol. The first kappa shape index (κ1) is 13.7. The quantitative estimate of drug-likeness (QED) is 0.825. The average molecular weight is 303 g/mol. The second-order valence-electron chi connectivity index (χ2n) is 3.18. The van der Waals surface area contributed by atoms with Crippen LogP contribution in [0.5, 0.6) is 5.88 Å². The number of amides is 1. The number of aromatic nitrogens is 2. The molecule has 1 aromatic rings. The first-order valence-corrected chi connectivity index (χ1v) is 6.03. The zero-order valence-electron chi connectivity index (χ0n) is 9.79. The molecule has 0 saturated carbocycles. The summed E-state index contributed by atoms with van der Waals surface area (Å²) in [7, 11) is 1.53. The number of methoxy groups -OCH3 is 1. The third-order valence-electron chi connectivity index (χ3n) is 1.91. The molecular formula is C10H15BrN4O2. The van der Waals surface area contributed by atoms with Gasteiger partial charge in [0.05, 0.1) is 17.8 Å². The van der Waals surface area contributed by atoms with Crippen LogP contribution in [0.15, 0.2) is 10.7 Å². The van der Waals surface area contributed by atoms with Crippen LogP contribution in [0.1, 0.15) is 13.3 Å². The minimum Gasteiger partial charge on any atom is -0.480 e. The largest absolute Gasteiger partial charge is 0.480 e. The Morgan fingerprint density at radius 3 is 3.00 bits per heavy atom. The topological polar surface area (TPSA) is 76.1 Å². The zero-order valence-corrected chi connectivity index (χ0v) is 11.4. The molecule has 0 fully saturated rings. The van der Waals surface area contributed by atoms with Crippen molar-refractivity contribution in [3.05, 3.63) is 10.7 Å². The lowest BCUT2D eigenvalue weighted by molar-refractivity contribution is -0.120. The molecule has 94 valence electrons. The lowest BCUT2D eigenvalue weighted by Crippen LogP contribution is -2.25. The fraction of sp³-hybridized carbons (Fsp3) is 0.500. The fourth-order valence-corrected chi connectivity index (χ4v) is 1.51. The third kappa shape index (κ3) is 4.56. The van der Waals surface area contributed by atoms with Crippen molar-refractivity contribution in [2.45, 2.75) is 13.3 Å². The van der Waals surface area contributed by atoms with Crippen molar-refractivity contribution in [1.29, 1.82) is 0 Å². The van der Waals surface area contributed by atoms with Crippen molar-refractivity contribution in [1.82, 2.24) is 15.3 Å². The summed E-state index contributed by atoms with van der Waals surface area (Å²) in [6, 6.07) is 0. The highest BCUT2D eigenvalue weighted by molar-refractivity contribution is 9.10. The van der Waals surface area contributed by atoms with Crippen LogP contribution in [0.4, 0.5) is 5.95 Å². The molecule has 0 aromatic carbocycles. The number of carbonyl (C=O) groups is 1. The second kappa shape index (κ2) is 7.05. The first-order valence-electron chi connectivity index (χ1n) is 5.24. The highest BCUT2D eigenvalue weighted by Crippen LogP contribution is 2.21. The molecule has 1 amide bonds. The Morgan fingerprint density at radius 2 is 2.35 bits per heavy atom. The summed E-state index contributed by atoms with van der Waals surface area (Å²) in [5.41, 5.74) is 0. The van der Waals surface area contributed by atoms with E-state index in [0.29, 0.717) is 35.8 Å². The number of ether oxygens (including phenoxy) is 1. The Morgan fingerprint density at radius 1 is 1.59 bits per heavy atom. The first-order chi connectivity index (χ1) is 8.17. The number of nitrogens with zero attached hydrogens (tertiary/aromatic N) is 2. The van der Waals surface area contributed by atoms with E-state index in [2.05, 4.69) is 36.5 Å². The number of rotatable bonds is 6. The number of halogens is 1. The van der Waals surface area contributed by atoms with Gasteiger partial charge in [-0.1, -0.05) is 0 Å². The summed E-state index contributed by atoms with van der Waals surface area (Å²) in [6.45, 7) is 3.01. The molecule has 2 N–H and O–H groups in total. The van der Waals surface area contributed by atoms with Crippen molar-refractivity contribution >= 4 is 27.8 Å². The number of carbonyl (C=O) groups excluding carboxylic acids is 1. The van der Waals surface area contributed by atoms with Gasteiger partial charge in [0, 0.05) is 19.5 Å². The van der Waals surface area contributed by atoms with Crippen LogP contribution in [0.3, 0.4) is 0 Å². The zero-order chi connectivity index (χ0) is 12.7. The lowest BCUT2D eigenvalue weighted by Gasteiger charge is -2.07. The molecule has 0 bridgehead atoms. The van der Waals surface area contributed by atoms with Crippen LogP contribution in [0.2, 0.25) is 0 Å². The predicted octanol–water partition coefficient (Wildman–Crippen LogP) is 1.19. The molecule has 0 aliphatic heterocycles. The van der Waals surface area contributed by atoms with Crippen LogP contribution < -0.4 is 15.4 Å². The van der Waals surface area contributed by atoms with Crippen molar-refractivity contribution in [2.24, 2.45) is 0 Å². The number of nitrogens with one attached hydrogen (secondary N) is 2. The Kier molecular flexibility index (Phi) is 5.68. The van der Waals surface area contributed by atoms with Gasteiger partial charge in [0.25, 0.3) is 0 Å². The molecule has 0 spiro atoms. The fourth-order valence-electron chi connectivity index (χ4n) is 1.15. The van der Waals surface area contributed by atoms with Gasteiger partial charge in [0.15, 0.2) is 0 Å². The summed E-state index contributed by atoms with van der Waals surface area (Å²) < 4.78 is 5.72. The van der Waals surface area contributed by atoms with Gasteiger partial charge in [-0.2, -0.15) is 4.98 Å². The van der Waals surface area contributed by atoms with E-state index in [-0.39, 0.29) is 5.91 Å². The highest BCUT2D eigenvalue weighted by atomic mass is 79.9. The average Bonchev–Trinajstić information content (AvgIpc) is 2.31. The highest BCUT2D eigenvalue weighted by Gasteiger charge is 2.05. The summed E-state index contributed by atoms with van der Waals surface area (Å²) >= 11 is 3.26. The molecular weight excluding hydrogens is 288 g/mol. The van der Waals surface area contributed by atoms with Crippen LogP contribution in [-0.2, 0) is 4.79 Å². The lowest BCUT2D eigenvalue weighted by atomic mass is 10.4. The van der Waals surface area contributed by atoms with Gasteiger partial charge in [-0.15, -0.1) is 0 Å². The SMILES string of the molecule is CCNC(=O)CCNc1ncc(Br)c(OC)n1. The number of hydrogen-bond donors (Lipinski definition) is 2. The second-order valence-corrected chi connectivity index (χ2v) is 4.04. The van der Waals surface area contributed by atoms with Gasteiger partial charge in [0.2, 0.25) is 17.7 Å². The standard InChI is InChI=1S/C10H15BrN4O2/c1-3-12-8(16)4-5-13-10-14-6-7(11)9(15-10)17-2/h6H,3-5H2,1-2H3,(H,12,16)(H,13,14,15). The van der Waals surface area contributed by atoms with Gasteiger partial charge < -0.3 is 15.4 Å². The van der Waals surface area contributed by atoms with Crippen LogP contribution in [0, 0.1) is 0 Å². The Hall–Kier alpha value is -1.37. The van der Waals surface area contributed by atoms with Gasteiger partial charge >= 0.3 is 0 Å². The van der Waals surface area contributed by atoms with Gasteiger partial charge in [-0.05, 0) is 22.9 Å². The Balaban J connectivity index is 2.44. The van der Waals surface area contributed by atoms with Crippen LogP contribution >= 0.6 is 15.9 Å². The molecule has 0 radical (unpaired) electrons. The van der Waals surface area contributed by atoms with E-state index in [1.165, 1.54) is 7.11 Å². The van der Waals surface area contributed by atoms with E-state index >= 15 is 0 Å². The minimum atomic E-state index is 0.00377. The maximum Gasteiger partial charge on any atom is 0.232 e. The molecule has 1 rings (SSSR count). The van der Waals surface area contributed by atoms with Gasteiger partial charge in [-0.3, -0.25) is 4.79 Å². The van der Waals surface area contributed by atoms with E-state index in [4.69, 9.17) is 4.74 Å². The molecule has 0 saturated heterocycles. The molecule has 0 unspecified atom stereocenters. The predicted molar refractivity (Wildman–Crippen MR) is 68.1 cm³/mol. The van der Waals surface area contributed by atoms with E-state index < -0.39 is 0 Å². The number of hydrogen-bond acceptors (Lipinski definition) is 5. The maximum absolute atomic E-state index is 11.2. The molecule has 0 atom stereocenters. The van der Waals surface area contributed by atoms with Crippen molar-refractivity contribution < 1.29 is 9.53 Å². The summed E-state index contributed by atoms with van der Waals surface area (Å²) in [6.07, 6.45) is 1.98. The molecule has 0 aliphatic carbocycles. The van der Waals surface area contributed by atoms with Crippen molar-refractivity contribution in [2.75, 3.05) is 25.5 Å². The number of anilines is 1. The summed E-state index contributed by atoms with van der Waals surface area (Å²) in [5, 5.41) is 5.66. The van der Waals surface area contributed by atoms with Gasteiger partial charge in [0.1, 0.15) is 0 Å². The molecule has 17 heavy (non-hydrogen) atoms. The minimum absolute atomic E-state index is 0.00377. The van der Waals surface area contributed by atoms with E-state index in [1.54, 1.807) is 6.20 Å². The summed E-state index contributed by atoms with van der Waals surface area (Å²) in [5.74, 6) is 0.902. The Bertz CT molecular complexity index is 387. The third-order valence-corrected chi connectivity index (χ3v) is 2.46. The van der Waals surface area contributed by atoms with Gasteiger partial charge in [-0.25, -0.2) is 4.98 Å².